The minimum Gasteiger partial charge on any atom is -0.487 e. The third-order valence-electron chi connectivity index (χ3n) is 3.94. The predicted octanol–water partition coefficient (Wildman–Crippen LogP) is 5.37. The topological polar surface area (TPSA) is 35.0 Å². The number of nitrogens with zero attached hydrogens (tertiary/aromatic N) is 2. The Bertz CT molecular complexity index is 709. The summed E-state index contributed by atoms with van der Waals surface area (Å²) in [5.74, 6) is -2.91. The minimum atomic E-state index is -1.89. The number of ether oxygens (including phenoxy) is 1. The van der Waals surface area contributed by atoms with Crippen molar-refractivity contribution >= 4 is 0 Å². The van der Waals surface area contributed by atoms with Gasteiger partial charge in [0, 0.05) is 12.4 Å². The van der Waals surface area contributed by atoms with Crippen molar-refractivity contribution in [3.63, 3.8) is 0 Å². The minimum absolute atomic E-state index is 0.0293. The molecule has 0 saturated heterocycles. The van der Waals surface area contributed by atoms with Crippen LogP contribution in [0.25, 0.3) is 11.4 Å². The first-order valence-corrected chi connectivity index (χ1v) is 8.62. The second-order valence-electron chi connectivity index (χ2n) is 6.16. The van der Waals surface area contributed by atoms with Crippen LogP contribution in [0.2, 0.25) is 0 Å². The molecule has 0 amide bonds. The molecule has 0 aliphatic rings. The molecule has 0 bridgehead atoms. The van der Waals surface area contributed by atoms with E-state index in [-0.39, 0.29) is 17.8 Å². The summed E-state index contributed by atoms with van der Waals surface area (Å²) in [7, 11) is 0. The highest BCUT2D eigenvalue weighted by molar-refractivity contribution is 5.57. The summed E-state index contributed by atoms with van der Waals surface area (Å²) in [5.41, 5.74) is 0.651. The van der Waals surface area contributed by atoms with Gasteiger partial charge in [-0.25, -0.2) is 23.1 Å². The van der Waals surface area contributed by atoms with Crippen LogP contribution in [-0.2, 0) is 0 Å². The number of hydrogen-bond acceptors (Lipinski definition) is 3. The SMILES string of the molecule is CCCCC[C@H](F)[C@@H](F)COc1ccc(-c2ncc(C)cn2)c(F)c1F. The molecule has 7 heteroatoms. The molecule has 2 aromatic rings. The lowest BCUT2D eigenvalue weighted by Gasteiger charge is -2.15. The van der Waals surface area contributed by atoms with E-state index >= 15 is 0 Å². The van der Waals surface area contributed by atoms with Crippen molar-refractivity contribution in [1.29, 1.82) is 0 Å². The van der Waals surface area contributed by atoms with Gasteiger partial charge in [-0.1, -0.05) is 26.2 Å². The molecule has 2 rings (SSSR count). The van der Waals surface area contributed by atoms with E-state index in [4.69, 9.17) is 4.74 Å². The van der Waals surface area contributed by atoms with Gasteiger partial charge in [-0.05, 0) is 31.0 Å². The van der Waals surface area contributed by atoms with Gasteiger partial charge in [0.05, 0.1) is 5.56 Å². The molecule has 26 heavy (non-hydrogen) atoms. The van der Waals surface area contributed by atoms with Gasteiger partial charge in [-0.2, -0.15) is 4.39 Å². The van der Waals surface area contributed by atoms with Crippen molar-refractivity contribution in [2.75, 3.05) is 6.61 Å². The van der Waals surface area contributed by atoms with Crippen molar-refractivity contribution in [1.82, 2.24) is 9.97 Å². The maximum Gasteiger partial charge on any atom is 0.201 e. The Morgan fingerprint density at radius 2 is 1.69 bits per heavy atom. The Morgan fingerprint density at radius 3 is 2.35 bits per heavy atom. The molecular weight excluding hydrogens is 348 g/mol. The molecule has 0 unspecified atom stereocenters. The first-order valence-electron chi connectivity index (χ1n) is 8.62. The van der Waals surface area contributed by atoms with Gasteiger partial charge in [0.2, 0.25) is 5.82 Å². The van der Waals surface area contributed by atoms with E-state index in [1.54, 1.807) is 6.92 Å². The third-order valence-corrected chi connectivity index (χ3v) is 3.94. The summed E-state index contributed by atoms with van der Waals surface area (Å²) in [6.07, 6.45) is 1.77. The van der Waals surface area contributed by atoms with Gasteiger partial charge in [0.15, 0.2) is 23.6 Å². The van der Waals surface area contributed by atoms with Gasteiger partial charge in [-0.3, -0.25) is 0 Å². The van der Waals surface area contributed by atoms with Gasteiger partial charge in [0.1, 0.15) is 12.8 Å². The summed E-state index contributed by atoms with van der Waals surface area (Å²) in [6.45, 7) is 3.06. The van der Waals surface area contributed by atoms with E-state index in [9.17, 15) is 17.6 Å². The average molecular weight is 370 g/mol. The van der Waals surface area contributed by atoms with Crippen LogP contribution in [0.1, 0.15) is 38.2 Å². The van der Waals surface area contributed by atoms with E-state index in [0.29, 0.717) is 6.42 Å². The Kier molecular flexibility index (Phi) is 7.36. The molecule has 142 valence electrons. The second-order valence-corrected chi connectivity index (χ2v) is 6.16. The van der Waals surface area contributed by atoms with Crippen LogP contribution in [0.5, 0.6) is 5.75 Å². The normalized spacial score (nSPS) is 13.5. The summed E-state index contributed by atoms with van der Waals surface area (Å²) in [5, 5.41) is 0. The van der Waals surface area contributed by atoms with Crippen LogP contribution in [0.4, 0.5) is 17.6 Å². The molecule has 2 atom stereocenters. The first kappa shape index (κ1) is 20.1. The highest BCUT2D eigenvalue weighted by Gasteiger charge is 2.23. The van der Waals surface area contributed by atoms with Gasteiger partial charge >= 0.3 is 0 Å². The first-order chi connectivity index (χ1) is 12.4. The predicted molar refractivity (Wildman–Crippen MR) is 91.6 cm³/mol. The van der Waals surface area contributed by atoms with Gasteiger partial charge < -0.3 is 4.74 Å². The summed E-state index contributed by atoms with van der Waals surface area (Å²) in [6, 6.07) is 2.41. The third kappa shape index (κ3) is 5.16. The molecule has 1 aromatic carbocycles. The quantitative estimate of drug-likeness (QED) is 0.440. The van der Waals surface area contributed by atoms with Crippen LogP contribution in [0.15, 0.2) is 24.5 Å². The summed E-state index contributed by atoms with van der Waals surface area (Å²) >= 11 is 0. The van der Waals surface area contributed by atoms with Crippen molar-refractivity contribution in [3.8, 4) is 17.1 Å². The highest BCUT2D eigenvalue weighted by Crippen LogP contribution is 2.28. The fourth-order valence-electron chi connectivity index (χ4n) is 2.39. The average Bonchev–Trinajstić information content (AvgIpc) is 2.63. The van der Waals surface area contributed by atoms with E-state index in [1.165, 1.54) is 18.5 Å². The summed E-state index contributed by atoms with van der Waals surface area (Å²) < 4.78 is 60.8. The van der Waals surface area contributed by atoms with Crippen LogP contribution < -0.4 is 4.74 Å². The Balaban J connectivity index is 2.02. The molecule has 0 radical (unpaired) electrons. The van der Waals surface area contributed by atoms with E-state index in [0.717, 1.165) is 24.5 Å². The number of unbranched alkanes of at least 4 members (excludes halogenated alkanes) is 2. The Labute approximate surface area is 150 Å². The number of benzene rings is 1. The largest absolute Gasteiger partial charge is 0.487 e. The van der Waals surface area contributed by atoms with E-state index in [2.05, 4.69) is 9.97 Å². The van der Waals surface area contributed by atoms with Crippen LogP contribution in [-0.4, -0.2) is 28.9 Å². The monoisotopic (exact) mass is 370 g/mol. The highest BCUT2D eigenvalue weighted by atomic mass is 19.2. The number of alkyl halides is 2. The lowest BCUT2D eigenvalue weighted by molar-refractivity contribution is 0.0993. The molecule has 0 aliphatic heterocycles. The molecule has 0 fully saturated rings. The smallest absolute Gasteiger partial charge is 0.201 e. The molecule has 0 spiro atoms. The standard InChI is InChI=1S/C19H22F4N2O/c1-3-4-5-6-14(20)15(21)11-26-16-8-7-13(17(22)18(16)23)19-24-9-12(2)10-25-19/h7-10,14-15H,3-6,11H2,1-2H3/t14-,15-/m0/s1. The molecule has 3 nitrogen and oxygen atoms in total. The fourth-order valence-corrected chi connectivity index (χ4v) is 2.39. The zero-order valence-corrected chi connectivity index (χ0v) is 14.8. The van der Waals surface area contributed by atoms with Crippen molar-refractivity contribution in [2.24, 2.45) is 0 Å². The molecule has 1 aromatic heterocycles. The van der Waals surface area contributed by atoms with Crippen LogP contribution >= 0.6 is 0 Å². The van der Waals surface area contributed by atoms with Crippen molar-refractivity contribution in [3.05, 3.63) is 41.7 Å². The lowest BCUT2D eigenvalue weighted by atomic mass is 10.1. The number of aryl methyl sites for hydroxylation is 1. The van der Waals surface area contributed by atoms with E-state index < -0.39 is 36.3 Å². The van der Waals surface area contributed by atoms with E-state index in [1.807, 2.05) is 6.92 Å². The maximum absolute atomic E-state index is 14.2. The second kappa shape index (κ2) is 9.50. The molecule has 0 N–H and O–H groups in total. The van der Waals surface area contributed by atoms with Crippen molar-refractivity contribution < 1.29 is 22.3 Å². The lowest BCUT2D eigenvalue weighted by Crippen LogP contribution is -2.25. The maximum atomic E-state index is 14.2. The fraction of sp³-hybridized carbons (Fsp3) is 0.474. The molecule has 1 heterocycles. The molecular formula is C19H22F4N2O. The zero-order chi connectivity index (χ0) is 19.1. The molecule has 0 saturated carbocycles. The van der Waals surface area contributed by atoms with Crippen LogP contribution in [0, 0.1) is 18.6 Å². The number of hydrogen-bond donors (Lipinski definition) is 0. The van der Waals surface area contributed by atoms with Gasteiger partial charge in [0.25, 0.3) is 0 Å². The number of halogens is 4. The Morgan fingerprint density at radius 1 is 1.00 bits per heavy atom. The molecule has 0 aliphatic carbocycles. The number of aromatic nitrogens is 2. The zero-order valence-electron chi connectivity index (χ0n) is 14.8. The van der Waals surface area contributed by atoms with Crippen LogP contribution in [0.3, 0.4) is 0 Å². The Hall–Kier alpha value is -2.18. The van der Waals surface area contributed by atoms with Gasteiger partial charge in [-0.15, -0.1) is 0 Å². The number of rotatable bonds is 9. The summed E-state index contributed by atoms with van der Waals surface area (Å²) in [4.78, 5) is 7.89. The van der Waals surface area contributed by atoms with Crippen molar-refractivity contribution in [2.45, 2.75) is 51.9 Å².